The van der Waals surface area contributed by atoms with E-state index in [4.69, 9.17) is 0 Å². The second-order valence-corrected chi connectivity index (χ2v) is 5.24. The molecule has 2 aromatic heterocycles. The first-order valence-corrected chi connectivity index (χ1v) is 7.09. The molecule has 0 radical (unpaired) electrons. The fourth-order valence-corrected chi connectivity index (χ4v) is 3.09. The molecule has 0 bridgehead atoms. The minimum Gasteiger partial charge on any atom is -0.304 e. The van der Waals surface area contributed by atoms with Crippen molar-refractivity contribution < 1.29 is 0 Å². The molecule has 0 saturated heterocycles. The SMILES string of the molecule is CCCNC(c1csnn1)c1sccc1C. The van der Waals surface area contributed by atoms with Gasteiger partial charge >= 0.3 is 0 Å². The Labute approximate surface area is 104 Å². The molecule has 86 valence electrons. The predicted molar refractivity (Wildman–Crippen MR) is 69.1 cm³/mol. The Morgan fingerprint density at radius 1 is 1.50 bits per heavy atom. The second kappa shape index (κ2) is 5.52. The summed E-state index contributed by atoms with van der Waals surface area (Å²) in [5, 5.41) is 11.9. The van der Waals surface area contributed by atoms with E-state index in [2.05, 4.69) is 40.2 Å². The van der Waals surface area contributed by atoms with Crippen molar-refractivity contribution >= 4 is 22.9 Å². The molecule has 5 heteroatoms. The third-order valence-electron chi connectivity index (χ3n) is 2.44. The summed E-state index contributed by atoms with van der Waals surface area (Å²) in [6, 6.07) is 2.36. The fraction of sp³-hybridized carbons (Fsp3) is 0.455. The van der Waals surface area contributed by atoms with E-state index >= 15 is 0 Å². The smallest absolute Gasteiger partial charge is 0.0978 e. The van der Waals surface area contributed by atoms with Gasteiger partial charge in [0.05, 0.1) is 11.7 Å². The Hall–Kier alpha value is -0.780. The Morgan fingerprint density at radius 2 is 2.38 bits per heavy atom. The van der Waals surface area contributed by atoms with Crippen molar-refractivity contribution in [3.8, 4) is 0 Å². The molecule has 1 N–H and O–H groups in total. The molecule has 2 aromatic rings. The maximum atomic E-state index is 4.18. The molecule has 1 atom stereocenters. The van der Waals surface area contributed by atoms with Crippen LogP contribution in [0.3, 0.4) is 0 Å². The number of thiophene rings is 1. The van der Waals surface area contributed by atoms with E-state index in [1.165, 1.54) is 22.0 Å². The number of hydrogen-bond donors (Lipinski definition) is 1. The molecule has 0 aromatic carbocycles. The zero-order valence-corrected chi connectivity index (χ0v) is 11.1. The van der Waals surface area contributed by atoms with Gasteiger partial charge in [-0.1, -0.05) is 11.4 Å². The van der Waals surface area contributed by atoms with E-state index in [0.29, 0.717) is 0 Å². The predicted octanol–water partition coefficient (Wildman–Crippen LogP) is 3.00. The standard InChI is InChI=1S/C11H15N3S2/c1-3-5-12-10(9-7-16-14-13-9)11-8(2)4-6-15-11/h4,6-7,10,12H,3,5H2,1-2H3. The number of rotatable bonds is 5. The van der Waals surface area contributed by atoms with Crippen LogP contribution in [0, 0.1) is 6.92 Å². The molecule has 0 aliphatic heterocycles. The molecule has 0 aliphatic rings. The van der Waals surface area contributed by atoms with Crippen molar-refractivity contribution in [1.29, 1.82) is 0 Å². The second-order valence-electron chi connectivity index (χ2n) is 3.68. The summed E-state index contributed by atoms with van der Waals surface area (Å²) in [7, 11) is 0. The van der Waals surface area contributed by atoms with Crippen LogP contribution in [0.15, 0.2) is 16.8 Å². The van der Waals surface area contributed by atoms with E-state index < -0.39 is 0 Å². The first-order chi connectivity index (χ1) is 7.83. The van der Waals surface area contributed by atoms with E-state index in [1.54, 1.807) is 11.3 Å². The Kier molecular flexibility index (Phi) is 4.04. The monoisotopic (exact) mass is 253 g/mol. The van der Waals surface area contributed by atoms with Gasteiger partial charge in [0.15, 0.2) is 0 Å². The van der Waals surface area contributed by atoms with Gasteiger partial charge in [-0.15, -0.1) is 16.4 Å². The van der Waals surface area contributed by atoms with Gasteiger partial charge in [0.1, 0.15) is 0 Å². The van der Waals surface area contributed by atoms with Crippen LogP contribution in [0.4, 0.5) is 0 Å². The van der Waals surface area contributed by atoms with E-state index in [1.807, 2.05) is 5.38 Å². The highest BCUT2D eigenvalue weighted by Crippen LogP contribution is 2.28. The Bertz CT molecular complexity index is 422. The quantitative estimate of drug-likeness (QED) is 0.890. The van der Waals surface area contributed by atoms with Crippen LogP contribution in [0.5, 0.6) is 0 Å². The van der Waals surface area contributed by atoms with Gasteiger partial charge in [0.2, 0.25) is 0 Å². The molecule has 0 aliphatic carbocycles. The summed E-state index contributed by atoms with van der Waals surface area (Å²) >= 11 is 3.19. The van der Waals surface area contributed by atoms with Gasteiger partial charge in [-0.25, -0.2) is 0 Å². The van der Waals surface area contributed by atoms with Gasteiger partial charge < -0.3 is 5.32 Å². The molecular formula is C11H15N3S2. The summed E-state index contributed by atoms with van der Waals surface area (Å²) in [4.78, 5) is 1.35. The number of aromatic nitrogens is 2. The Balaban J connectivity index is 2.25. The highest BCUT2D eigenvalue weighted by atomic mass is 32.1. The number of nitrogens with one attached hydrogen (secondary N) is 1. The van der Waals surface area contributed by atoms with Gasteiger partial charge in [0, 0.05) is 10.3 Å². The molecule has 0 spiro atoms. The lowest BCUT2D eigenvalue weighted by molar-refractivity contribution is 0.590. The first-order valence-electron chi connectivity index (χ1n) is 5.37. The van der Waals surface area contributed by atoms with Crippen LogP contribution in [0.1, 0.15) is 35.5 Å². The van der Waals surface area contributed by atoms with Crippen molar-refractivity contribution in [1.82, 2.24) is 14.9 Å². The largest absolute Gasteiger partial charge is 0.304 e. The molecule has 0 amide bonds. The number of hydrogen-bond acceptors (Lipinski definition) is 5. The number of nitrogens with zero attached hydrogens (tertiary/aromatic N) is 2. The zero-order chi connectivity index (χ0) is 11.4. The van der Waals surface area contributed by atoms with Crippen molar-refractivity contribution in [2.24, 2.45) is 0 Å². The minimum atomic E-state index is 0.207. The van der Waals surface area contributed by atoms with Crippen molar-refractivity contribution in [3.63, 3.8) is 0 Å². The average Bonchev–Trinajstić information content (AvgIpc) is 2.91. The molecule has 16 heavy (non-hydrogen) atoms. The Morgan fingerprint density at radius 3 is 2.94 bits per heavy atom. The lowest BCUT2D eigenvalue weighted by Gasteiger charge is -2.15. The number of aryl methyl sites for hydroxylation is 1. The summed E-state index contributed by atoms with van der Waals surface area (Å²) in [6.45, 7) is 5.32. The molecule has 2 heterocycles. The van der Waals surface area contributed by atoms with Crippen LogP contribution in [-0.4, -0.2) is 16.1 Å². The maximum Gasteiger partial charge on any atom is 0.0978 e. The first kappa shape index (κ1) is 11.7. The molecule has 3 nitrogen and oxygen atoms in total. The van der Waals surface area contributed by atoms with E-state index in [9.17, 15) is 0 Å². The van der Waals surface area contributed by atoms with Crippen molar-refractivity contribution in [2.75, 3.05) is 6.54 Å². The highest BCUT2D eigenvalue weighted by Gasteiger charge is 2.18. The lowest BCUT2D eigenvalue weighted by atomic mass is 10.1. The molecule has 0 fully saturated rings. The van der Waals surface area contributed by atoms with E-state index in [-0.39, 0.29) is 6.04 Å². The zero-order valence-electron chi connectivity index (χ0n) is 9.43. The van der Waals surface area contributed by atoms with Crippen LogP contribution < -0.4 is 5.32 Å². The van der Waals surface area contributed by atoms with Gasteiger partial charge in [0.25, 0.3) is 0 Å². The van der Waals surface area contributed by atoms with Crippen molar-refractivity contribution in [2.45, 2.75) is 26.3 Å². The van der Waals surface area contributed by atoms with Gasteiger partial charge in [-0.05, 0) is 48.4 Å². The minimum absolute atomic E-state index is 0.207. The molecule has 1 unspecified atom stereocenters. The highest BCUT2D eigenvalue weighted by molar-refractivity contribution is 7.10. The molecule has 2 rings (SSSR count). The average molecular weight is 253 g/mol. The van der Waals surface area contributed by atoms with Crippen LogP contribution in [0.2, 0.25) is 0 Å². The summed E-state index contributed by atoms with van der Waals surface area (Å²) < 4.78 is 3.95. The fourth-order valence-electron chi connectivity index (χ4n) is 1.60. The van der Waals surface area contributed by atoms with Gasteiger partial charge in [-0.3, -0.25) is 0 Å². The third-order valence-corrected chi connectivity index (χ3v) is 4.04. The summed E-state index contributed by atoms with van der Waals surface area (Å²) in [6.07, 6.45) is 1.12. The normalized spacial score (nSPS) is 12.9. The van der Waals surface area contributed by atoms with Crippen LogP contribution >= 0.6 is 22.9 Å². The summed E-state index contributed by atoms with van der Waals surface area (Å²) in [5.41, 5.74) is 2.36. The third kappa shape index (κ3) is 2.48. The van der Waals surface area contributed by atoms with Crippen LogP contribution in [-0.2, 0) is 0 Å². The van der Waals surface area contributed by atoms with E-state index in [0.717, 1.165) is 18.7 Å². The molecular weight excluding hydrogens is 238 g/mol. The van der Waals surface area contributed by atoms with Crippen LogP contribution in [0.25, 0.3) is 0 Å². The van der Waals surface area contributed by atoms with Crippen molar-refractivity contribution in [3.05, 3.63) is 33.0 Å². The molecule has 0 saturated carbocycles. The summed E-state index contributed by atoms with van der Waals surface area (Å²) in [5.74, 6) is 0. The van der Waals surface area contributed by atoms with Gasteiger partial charge in [-0.2, -0.15) is 0 Å². The topological polar surface area (TPSA) is 37.8 Å². The maximum absolute atomic E-state index is 4.18. The lowest BCUT2D eigenvalue weighted by Crippen LogP contribution is -2.23.